The van der Waals surface area contributed by atoms with Gasteiger partial charge in [0.1, 0.15) is 0 Å². The Kier molecular flexibility index (Phi) is 5.13. The normalized spacial score (nSPS) is 23.4. The molecule has 20 heavy (non-hydrogen) atoms. The Hall–Kier alpha value is -1.41. The van der Waals surface area contributed by atoms with Gasteiger partial charge in [-0.25, -0.2) is 0 Å². The largest absolute Gasteiger partial charge is 0.383 e. The minimum absolute atomic E-state index is 0.198. The SMILES string of the molecule is C#CCCC1(CCC(=O)N2CCCCC2COC)N=N1. The first-order chi connectivity index (χ1) is 9.71. The van der Waals surface area contributed by atoms with Crippen LogP contribution in [-0.2, 0) is 9.53 Å². The van der Waals surface area contributed by atoms with Gasteiger partial charge in [0, 0.05) is 39.3 Å². The lowest BCUT2D eigenvalue weighted by molar-refractivity contribution is -0.136. The molecule has 0 aliphatic carbocycles. The van der Waals surface area contributed by atoms with Crippen LogP contribution in [0.4, 0.5) is 0 Å². The molecule has 5 nitrogen and oxygen atoms in total. The van der Waals surface area contributed by atoms with E-state index >= 15 is 0 Å². The average Bonchev–Trinajstić information content (AvgIpc) is 3.24. The van der Waals surface area contributed by atoms with E-state index in [9.17, 15) is 4.79 Å². The van der Waals surface area contributed by atoms with E-state index in [-0.39, 0.29) is 17.6 Å². The van der Waals surface area contributed by atoms with E-state index in [1.165, 1.54) is 6.42 Å². The van der Waals surface area contributed by atoms with Crippen LogP contribution in [-0.4, -0.2) is 42.8 Å². The summed E-state index contributed by atoms with van der Waals surface area (Å²) in [7, 11) is 1.69. The lowest BCUT2D eigenvalue weighted by Gasteiger charge is -2.35. The number of likely N-dealkylation sites (tertiary alicyclic amines) is 1. The van der Waals surface area contributed by atoms with Gasteiger partial charge in [0.05, 0.1) is 12.6 Å². The summed E-state index contributed by atoms with van der Waals surface area (Å²) in [5.41, 5.74) is -0.353. The predicted molar refractivity (Wildman–Crippen MR) is 76.1 cm³/mol. The van der Waals surface area contributed by atoms with Crippen LogP contribution >= 0.6 is 0 Å². The highest BCUT2D eigenvalue weighted by Gasteiger charge is 2.40. The van der Waals surface area contributed by atoms with E-state index in [2.05, 4.69) is 16.1 Å². The number of amides is 1. The summed E-state index contributed by atoms with van der Waals surface area (Å²) in [6.07, 6.45) is 11.2. The standard InChI is InChI=1S/C15H23N3O2/c1-3-4-9-15(16-17-15)10-8-14(19)18-11-6-5-7-13(18)12-20-2/h1,13H,4-12H2,2H3. The molecule has 0 saturated carbocycles. The van der Waals surface area contributed by atoms with E-state index in [4.69, 9.17) is 11.2 Å². The second kappa shape index (κ2) is 6.85. The third-order valence-electron chi connectivity index (χ3n) is 4.10. The number of hydrogen-bond donors (Lipinski definition) is 0. The molecule has 5 heteroatoms. The summed E-state index contributed by atoms with van der Waals surface area (Å²) < 4.78 is 5.22. The molecule has 2 aliphatic rings. The van der Waals surface area contributed by atoms with Crippen LogP contribution in [0.15, 0.2) is 10.2 Å². The lowest BCUT2D eigenvalue weighted by atomic mass is 9.99. The Bertz CT molecular complexity index is 406. The summed E-state index contributed by atoms with van der Waals surface area (Å²) in [6.45, 7) is 1.47. The minimum Gasteiger partial charge on any atom is -0.383 e. The second-order valence-corrected chi connectivity index (χ2v) is 5.58. The van der Waals surface area contributed by atoms with E-state index in [0.717, 1.165) is 25.8 Å². The topological polar surface area (TPSA) is 54.3 Å². The molecule has 110 valence electrons. The second-order valence-electron chi connectivity index (χ2n) is 5.58. The van der Waals surface area contributed by atoms with Gasteiger partial charge in [-0.1, -0.05) is 0 Å². The molecule has 1 amide bonds. The van der Waals surface area contributed by atoms with Crippen molar-refractivity contribution in [3.8, 4) is 12.3 Å². The molecule has 0 spiro atoms. The zero-order valence-electron chi connectivity index (χ0n) is 12.2. The van der Waals surface area contributed by atoms with Gasteiger partial charge < -0.3 is 9.64 Å². The number of hydrogen-bond acceptors (Lipinski definition) is 4. The molecular weight excluding hydrogens is 254 g/mol. The van der Waals surface area contributed by atoms with Crippen molar-refractivity contribution in [2.45, 2.75) is 56.7 Å². The Morgan fingerprint density at radius 2 is 2.25 bits per heavy atom. The maximum Gasteiger partial charge on any atom is 0.223 e. The molecule has 1 fully saturated rings. The summed E-state index contributed by atoms with van der Waals surface area (Å²) in [5.74, 6) is 2.81. The van der Waals surface area contributed by atoms with Crippen LogP contribution in [0.1, 0.15) is 44.9 Å². The molecule has 0 aromatic rings. The molecule has 0 N–H and O–H groups in total. The van der Waals surface area contributed by atoms with E-state index < -0.39 is 0 Å². The van der Waals surface area contributed by atoms with Crippen molar-refractivity contribution < 1.29 is 9.53 Å². The number of ether oxygens (including phenoxy) is 1. The number of methoxy groups -OCH3 is 1. The molecule has 0 aromatic heterocycles. The van der Waals surface area contributed by atoms with Crippen molar-refractivity contribution in [3.63, 3.8) is 0 Å². The van der Waals surface area contributed by atoms with Crippen molar-refractivity contribution in [1.82, 2.24) is 4.90 Å². The monoisotopic (exact) mass is 277 g/mol. The molecule has 0 aromatic carbocycles. The highest BCUT2D eigenvalue weighted by atomic mass is 16.5. The van der Waals surface area contributed by atoms with E-state index in [1.54, 1.807) is 7.11 Å². The summed E-state index contributed by atoms with van der Waals surface area (Å²) in [4.78, 5) is 14.4. The van der Waals surface area contributed by atoms with Gasteiger partial charge in [0.15, 0.2) is 5.66 Å². The Morgan fingerprint density at radius 3 is 2.90 bits per heavy atom. The first-order valence-electron chi connectivity index (χ1n) is 7.37. The first kappa shape index (κ1) is 15.0. The molecular formula is C15H23N3O2. The van der Waals surface area contributed by atoms with Gasteiger partial charge in [-0.05, 0) is 19.3 Å². The Morgan fingerprint density at radius 1 is 1.45 bits per heavy atom. The maximum atomic E-state index is 12.4. The van der Waals surface area contributed by atoms with Gasteiger partial charge >= 0.3 is 0 Å². The van der Waals surface area contributed by atoms with Gasteiger partial charge in [-0.3, -0.25) is 4.79 Å². The predicted octanol–water partition coefficient (Wildman–Crippen LogP) is 2.37. The molecule has 1 saturated heterocycles. The average molecular weight is 277 g/mol. The highest BCUT2D eigenvalue weighted by Crippen LogP contribution is 2.38. The fraction of sp³-hybridized carbons (Fsp3) is 0.800. The van der Waals surface area contributed by atoms with E-state index in [1.807, 2.05) is 4.90 Å². The fourth-order valence-corrected chi connectivity index (χ4v) is 2.81. The van der Waals surface area contributed by atoms with Crippen molar-refractivity contribution >= 4 is 5.91 Å². The van der Waals surface area contributed by atoms with Crippen LogP contribution in [0, 0.1) is 12.3 Å². The fourth-order valence-electron chi connectivity index (χ4n) is 2.81. The number of piperidine rings is 1. The molecule has 1 atom stereocenters. The zero-order chi connectivity index (χ0) is 14.4. The highest BCUT2D eigenvalue weighted by molar-refractivity contribution is 5.76. The minimum atomic E-state index is -0.353. The maximum absolute atomic E-state index is 12.4. The van der Waals surface area contributed by atoms with Crippen molar-refractivity contribution in [2.24, 2.45) is 10.2 Å². The number of terminal acetylenes is 1. The van der Waals surface area contributed by atoms with Gasteiger partial charge in [0.2, 0.25) is 5.91 Å². The third kappa shape index (κ3) is 3.80. The summed E-state index contributed by atoms with van der Waals surface area (Å²) in [6, 6.07) is 0.232. The Balaban J connectivity index is 1.80. The zero-order valence-corrected chi connectivity index (χ0v) is 12.2. The van der Waals surface area contributed by atoms with Gasteiger partial charge in [-0.2, -0.15) is 10.2 Å². The third-order valence-corrected chi connectivity index (χ3v) is 4.10. The van der Waals surface area contributed by atoms with E-state index in [0.29, 0.717) is 25.9 Å². The lowest BCUT2D eigenvalue weighted by Crippen LogP contribution is -2.46. The molecule has 2 heterocycles. The molecule has 2 rings (SSSR count). The summed E-state index contributed by atoms with van der Waals surface area (Å²) in [5, 5.41) is 8.16. The van der Waals surface area contributed by atoms with Crippen molar-refractivity contribution in [2.75, 3.05) is 20.3 Å². The van der Waals surface area contributed by atoms with Crippen LogP contribution in [0.5, 0.6) is 0 Å². The van der Waals surface area contributed by atoms with Crippen LogP contribution in [0.2, 0.25) is 0 Å². The number of nitrogens with zero attached hydrogens (tertiary/aromatic N) is 3. The van der Waals surface area contributed by atoms with Crippen molar-refractivity contribution in [3.05, 3.63) is 0 Å². The molecule has 0 radical (unpaired) electrons. The first-order valence-corrected chi connectivity index (χ1v) is 7.37. The molecule has 0 bridgehead atoms. The molecule has 1 unspecified atom stereocenters. The Labute approximate surface area is 120 Å². The smallest absolute Gasteiger partial charge is 0.223 e. The summed E-state index contributed by atoms with van der Waals surface area (Å²) >= 11 is 0. The quantitative estimate of drug-likeness (QED) is 0.671. The number of rotatable bonds is 7. The van der Waals surface area contributed by atoms with Gasteiger partial charge in [-0.15, -0.1) is 12.3 Å². The number of carbonyl (C=O) groups excluding carboxylic acids is 1. The number of carbonyl (C=O) groups is 1. The molecule has 2 aliphatic heterocycles. The van der Waals surface area contributed by atoms with Crippen LogP contribution in [0.3, 0.4) is 0 Å². The van der Waals surface area contributed by atoms with Crippen molar-refractivity contribution in [1.29, 1.82) is 0 Å². The van der Waals surface area contributed by atoms with Crippen LogP contribution in [0.25, 0.3) is 0 Å². The van der Waals surface area contributed by atoms with Crippen LogP contribution < -0.4 is 0 Å². The van der Waals surface area contributed by atoms with Gasteiger partial charge in [0.25, 0.3) is 0 Å².